The topological polar surface area (TPSA) is 0 Å². The van der Waals surface area contributed by atoms with Gasteiger partial charge in [-0.1, -0.05) is 50.7 Å². The maximum Gasteiger partial charge on any atom is 0.00456 e. The molecule has 1 aliphatic heterocycles. The molecule has 0 aromatic heterocycles. The van der Waals surface area contributed by atoms with Crippen LogP contribution in [0.5, 0.6) is 0 Å². The van der Waals surface area contributed by atoms with Gasteiger partial charge in [-0.2, -0.15) is 0 Å². The molecule has 0 aliphatic carbocycles. The zero-order chi connectivity index (χ0) is 8.23. The lowest BCUT2D eigenvalue weighted by molar-refractivity contribution is 1.24. The first-order valence-corrected chi connectivity index (χ1v) is 5.31. The van der Waals surface area contributed by atoms with Gasteiger partial charge in [-0.05, 0) is 18.1 Å². The second-order valence-electron chi connectivity index (χ2n) is 2.82. The van der Waals surface area contributed by atoms with E-state index in [1.807, 2.05) is 0 Å². The number of benzene rings is 1. The third-order valence-corrected chi connectivity index (χ3v) is 3.15. The molecule has 0 nitrogen and oxygen atoms in total. The number of allylic oxidation sites excluding steroid dienone is 2. The van der Waals surface area contributed by atoms with Gasteiger partial charge >= 0.3 is 0 Å². The molecule has 0 saturated heterocycles. The molecular formula is C11H11P. The van der Waals surface area contributed by atoms with Crippen LogP contribution in [0.1, 0.15) is 12.0 Å². The van der Waals surface area contributed by atoms with E-state index in [9.17, 15) is 0 Å². The van der Waals surface area contributed by atoms with Gasteiger partial charge in [0.1, 0.15) is 0 Å². The van der Waals surface area contributed by atoms with Gasteiger partial charge in [-0.3, -0.25) is 0 Å². The van der Waals surface area contributed by atoms with E-state index in [2.05, 4.69) is 42.5 Å². The van der Waals surface area contributed by atoms with Crippen LogP contribution in [0.2, 0.25) is 0 Å². The Hall–Kier alpha value is -0.870. The average Bonchev–Trinajstić information content (AvgIpc) is 2.21. The van der Waals surface area contributed by atoms with Crippen molar-refractivity contribution in [2.75, 3.05) is 6.16 Å². The fourth-order valence-corrected chi connectivity index (χ4v) is 2.37. The van der Waals surface area contributed by atoms with Crippen molar-refractivity contribution in [3.8, 4) is 0 Å². The predicted octanol–water partition coefficient (Wildman–Crippen LogP) is 3.11. The maximum absolute atomic E-state index is 2.26. The molecule has 1 aromatic rings. The van der Waals surface area contributed by atoms with Crippen molar-refractivity contribution in [1.29, 1.82) is 0 Å². The molecule has 60 valence electrons. The largest absolute Gasteiger partial charge is 0.0956 e. The summed E-state index contributed by atoms with van der Waals surface area (Å²) < 4.78 is 0. The van der Waals surface area contributed by atoms with Gasteiger partial charge in [0.15, 0.2) is 0 Å². The van der Waals surface area contributed by atoms with E-state index in [1.54, 1.807) is 0 Å². The molecule has 1 heterocycles. The van der Waals surface area contributed by atoms with Gasteiger partial charge in [-0.15, -0.1) is 0 Å². The van der Waals surface area contributed by atoms with Gasteiger partial charge in [-0.25, -0.2) is 0 Å². The number of hydrogen-bond acceptors (Lipinski definition) is 0. The molecule has 2 rings (SSSR count). The smallest absolute Gasteiger partial charge is 0.00456 e. The van der Waals surface area contributed by atoms with Gasteiger partial charge < -0.3 is 0 Å². The Labute approximate surface area is 74.7 Å². The standard InChI is InChI=1S/C11H11P/c1-2-6-10(7-3-1)11-8-4-5-9-12-11/h1-4,6-8H,5,9H2. The lowest BCUT2D eigenvalue weighted by atomic mass is 10.1. The van der Waals surface area contributed by atoms with Gasteiger partial charge in [0.2, 0.25) is 0 Å². The molecule has 1 aromatic carbocycles. The highest BCUT2D eigenvalue weighted by atomic mass is 31.1. The third kappa shape index (κ3) is 1.65. The van der Waals surface area contributed by atoms with Crippen molar-refractivity contribution in [2.45, 2.75) is 6.42 Å². The summed E-state index contributed by atoms with van der Waals surface area (Å²) in [6.07, 6.45) is 7.03. The second kappa shape index (κ2) is 3.69. The van der Waals surface area contributed by atoms with Gasteiger partial charge in [0.25, 0.3) is 0 Å². The van der Waals surface area contributed by atoms with Crippen molar-refractivity contribution in [3.63, 3.8) is 0 Å². The van der Waals surface area contributed by atoms with Gasteiger partial charge in [0.05, 0.1) is 0 Å². The number of hydrogen-bond donors (Lipinski definition) is 0. The van der Waals surface area contributed by atoms with Crippen LogP contribution in [-0.4, -0.2) is 11.5 Å². The molecule has 0 unspecified atom stereocenters. The summed E-state index contributed by atoms with van der Waals surface area (Å²) in [6, 6.07) is 10.6. The monoisotopic (exact) mass is 174 g/mol. The Morgan fingerprint density at radius 2 is 1.92 bits per heavy atom. The highest BCUT2D eigenvalue weighted by molar-refractivity contribution is 7.42. The van der Waals surface area contributed by atoms with Crippen LogP contribution in [0.3, 0.4) is 0 Å². The third-order valence-electron chi connectivity index (χ3n) is 1.92. The highest BCUT2D eigenvalue weighted by Gasteiger charge is 1.99. The molecule has 1 heteroatoms. The van der Waals surface area contributed by atoms with E-state index in [0.717, 1.165) is 0 Å². The fourth-order valence-electron chi connectivity index (χ4n) is 1.30. The molecule has 0 radical (unpaired) electrons. The van der Waals surface area contributed by atoms with Crippen LogP contribution in [0.25, 0.3) is 0 Å². The van der Waals surface area contributed by atoms with Crippen LogP contribution >= 0.6 is 8.20 Å². The fraction of sp³-hybridized carbons (Fsp3) is 0.182. The normalized spacial score (nSPS) is 17.2. The molecule has 0 N–H and O–H groups in total. The van der Waals surface area contributed by atoms with E-state index in [1.165, 1.54) is 31.6 Å². The Morgan fingerprint density at radius 1 is 1.08 bits per heavy atom. The van der Waals surface area contributed by atoms with Crippen molar-refractivity contribution >= 4 is 13.5 Å². The summed E-state index contributed by atoms with van der Waals surface area (Å²) >= 11 is 0. The Kier molecular flexibility index (Phi) is 2.39. The summed E-state index contributed by atoms with van der Waals surface area (Å²) in [6.45, 7) is 0. The van der Waals surface area contributed by atoms with Crippen LogP contribution in [0.15, 0.2) is 42.5 Å². The SMILES string of the molecule is C1=CC(c2ccccc2)=PCC1. The Balaban J connectivity index is 2.31. The minimum Gasteiger partial charge on any atom is -0.0956 e. The van der Waals surface area contributed by atoms with Crippen molar-refractivity contribution in [2.24, 2.45) is 0 Å². The summed E-state index contributed by atoms with van der Waals surface area (Å²) in [7, 11) is 1.47. The zero-order valence-corrected chi connectivity index (χ0v) is 7.80. The van der Waals surface area contributed by atoms with Crippen LogP contribution in [0, 0.1) is 0 Å². The average molecular weight is 174 g/mol. The van der Waals surface area contributed by atoms with E-state index in [0.29, 0.717) is 0 Å². The molecule has 0 fully saturated rings. The van der Waals surface area contributed by atoms with E-state index in [-0.39, 0.29) is 0 Å². The van der Waals surface area contributed by atoms with E-state index in [4.69, 9.17) is 0 Å². The Bertz CT molecular complexity index is 309. The minimum absolute atomic E-state index is 1.23. The molecular weight excluding hydrogens is 163 g/mol. The first-order chi connectivity index (χ1) is 5.97. The van der Waals surface area contributed by atoms with Crippen LogP contribution in [0.4, 0.5) is 0 Å². The zero-order valence-electron chi connectivity index (χ0n) is 6.90. The summed E-state index contributed by atoms with van der Waals surface area (Å²) in [4.78, 5) is 0. The van der Waals surface area contributed by atoms with Gasteiger partial charge in [0, 0.05) is 5.29 Å². The van der Waals surface area contributed by atoms with Crippen molar-refractivity contribution in [3.05, 3.63) is 48.0 Å². The molecule has 0 spiro atoms. The molecule has 12 heavy (non-hydrogen) atoms. The predicted molar refractivity (Wildman–Crippen MR) is 56.1 cm³/mol. The first kappa shape index (κ1) is 7.76. The first-order valence-electron chi connectivity index (χ1n) is 4.23. The summed E-state index contributed by atoms with van der Waals surface area (Å²) in [5.41, 5.74) is 1.37. The lowest BCUT2D eigenvalue weighted by Gasteiger charge is -2.05. The molecule has 0 bridgehead atoms. The summed E-state index contributed by atoms with van der Waals surface area (Å²) in [5.74, 6) is 0. The molecule has 0 amide bonds. The van der Waals surface area contributed by atoms with Crippen LogP contribution < -0.4 is 0 Å². The molecule has 0 saturated carbocycles. The lowest BCUT2D eigenvalue weighted by Crippen LogP contribution is -1.96. The number of rotatable bonds is 1. The quantitative estimate of drug-likeness (QED) is 0.574. The summed E-state index contributed by atoms with van der Waals surface area (Å²) in [5, 5.41) is 1.46. The van der Waals surface area contributed by atoms with Crippen LogP contribution in [-0.2, 0) is 0 Å². The van der Waals surface area contributed by atoms with Crippen molar-refractivity contribution in [1.82, 2.24) is 0 Å². The molecule has 1 aliphatic rings. The molecule has 0 atom stereocenters. The van der Waals surface area contributed by atoms with E-state index >= 15 is 0 Å². The maximum atomic E-state index is 2.26. The highest BCUT2D eigenvalue weighted by Crippen LogP contribution is 2.16. The van der Waals surface area contributed by atoms with Crippen molar-refractivity contribution < 1.29 is 0 Å². The Morgan fingerprint density at radius 3 is 2.58 bits per heavy atom. The minimum atomic E-state index is 1.23. The second-order valence-corrected chi connectivity index (χ2v) is 4.07. The van der Waals surface area contributed by atoms with E-state index < -0.39 is 0 Å².